The third-order valence-corrected chi connectivity index (χ3v) is 5.41. The monoisotopic (exact) mass is 364 g/mol. The molecule has 25 heavy (non-hydrogen) atoms. The second kappa shape index (κ2) is 8.21. The van der Waals surface area contributed by atoms with E-state index in [1.165, 1.54) is 11.9 Å². The Hall–Kier alpha value is -2.26. The third-order valence-electron chi connectivity index (χ3n) is 3.84. The van der Waals surface area contributed by atoms with Crippen molar-refractivity contribution in [2.24, 2.45) is 5.14 Å². The lowest BCUT2D eigenvalue weighted by molar-refractivity contribution is -0.112. The van der Waals surface area contributed by atoms with Gasteiger partial charge in [-0.05, 0) is 59.5 Å². The maximum atomic E-state index is 12.8. The molecule has 0 amide bonds. The molecular formula is C20H16N2OS2. The van der Waals surface area contributed by atoms with Crippen molar-refractivity contribution in [3.63, 3.8) is 0 Å². The quantitative estimate of drug-likeness (QED) is 0.649. The van der Waals surface area contributed by atoms with Crippen LogP contribution in [0.15, 0.2) is 64.6 Å². The molecule has 1 heterocycles. The molecule has 1 fully saturated rings. The van der Waals surface area contributed by atoms with Crippen molar-refractivity contribution in [3.05, 3.63) is 76.4 Å². The molecule has 0 bridgehead atoms. The minimum atomic E-state index is 0.0976. The lowest BCUT2D eigenvalue weighted by Crippen LogP contribution is -2.16. The summed E-state index contributed by atoms with van der Waals surface area (Å²) < 4.78 is 0. The van der Waals surface area contributed by atoms with Gasteiger partial charge in [-0.1, -0.05) is 24.3 Å². The van der Waals surface area contributed by atoms with E-state index in [2.05, 4.69) is 6.07 Å². The summed E-state index contributed by atoms with van der Waals surface area (Å²) in [4.78, 5) is 13.7. The molecule has 1 aliphatic rings. The SMILES string of the molecule is N#Cc1ccc(/C=C2\CSC/C(=C\c3ccc(SN)cc3)C2=O)cc1. The lowest BCUT2D eigenvalue weighted by atomic mass is 10.0. The fraction of sp³-hybridized carbons (Fsp3) is 0.100. The Morgan fingerprint density at radius 1 is 0.960 bits per heavy atom. The average molecular weight is 364 g/mol. The highest BCUT2D eigenvalue weighted by Gasteiger charge is 2.20. The van der Waals surface area contributed by atoms with Gasteiger partial charge in [0.05, 0.1) is 11.6 Å². The number of rotatable bonds is 3. The van der Waals surface area contributed by atoms with E-state index in [0.717, 1.165) is 32.9 Å². The maximum Gasteiger partial charge on any atom is 0.186 e. The van der Waals surface area contributed by atoms with E-state index in [4.69, 9.17) is 10.4 Å². The molecular weight excluding hydrogens is 348 g/mol. The topological polar surface area (TPSA) is 66.9 Å². The van der Waals surface area contributed by atoms with Crippen molar-refractivity contribution in [1.82, 2.24) is 0 Å². The van der Waals surface area contributed by atoms with E-state index >= 15 is 0 Å². The highest BCUT2D eigenvalue weighted by atomic mass is 32.2. The van der Waals surface area contributed by atoms with Crippen LogP contribution in [0.3, 0.4) is 0 Å². The van der Waals surface area contributed by atoms with Crippen molar-refractivity contribution in [3.8, 4) is 6.07 Å². The van der Waals surface area contributed by atoms with Crippen molar-refractivity contribution in [2.75, 3.05) is 11.5 Å². The molecule has 1 saturated heterocycles. The van der Waals surface area contributed by atoms with Gasteiger partial charge in [0.2, 0.25) is 0 Å². The molecule has 3 rings (SSSR count). The first-order chi connectivity index (χ1) is 12.2. The van der Waals surface area contributed by atoms with Crippen LogP contribution in [0.25, 0.3) is 12.2 Å². The Morgan fingerprint density at radius 3 is 1.96 bits per heavy atom. The van der Waals surface area contributed by atoms with Gasteiger partial charge in [0, 0.05) is 27.5 Å². The van der Waals surface area contributed by atoms with Crippen LogP contribution < -0.4 is 5.14 Å². The molecule has 3 nitrogen and oxygen atoms in total. The number of hydrogen-bond acceptors (Lipinski definition) is 5. The Kier molecular flexibility index (Phi) is 5.77. The van der Waals surface area contributed by atoms with Gasteiger partial charge in [-0.3, -0.25) is 9.93 Å². The number of nitrogens with two attached hydrogens (primary N) is 1. The first kappa shape index (κ1) is 17.6. The summed E-state index contributed by atoms with van der Waals surface area (Å²) in [5.74, 6) is 1.52. The van der Waals surface area contributed by atoms with Crippen LogP contribution >= 0.6 is 23.7 Å². The Labute approximate surface area is 155 Å². The number of thioether (sulfide) groups is 1. The van der Waals surface area contributed by atoms with Gasteiger partial charge in [-0.15, -0.1) is 0 Å². The fourth-order valence-electron chi connectivity index (χ4n) is 2.52. The molecule has 0 atom stereocenters. The molecule has 2 aromatic rings. The lowest BCUT2D eigenvalue weighted by Gasteiger charge is -2.16. The Morgan fingerprint density at radius 2 is 1.48 bits per heavy atom. The van der Waals surface area contributed by atoms with Crippen LogP contribution in [0, 0.1) is 11.3 Å². The number of nitriles is 1. The number of ketones is 1. The molecule has 0 saturated carbocycles. The Bertz CT molecular complexity index is 875. The van der Waals surface area contributed by atoms with Crippen LogP contribution in [-0.4, -0.2) is 17.3 Å². The zero-order valence-electron chi connectivity index (χ0n) is 13.4. The van der Waals surface area contributed by atoms with Gasteiger partial charge in [-0.2, -0.15) is 17.0 Å². The van der Waals surface area contributed by atoms with Crippen LogP contribution in [0.1, 0.15) is 16.7 Å². The van der Waals surface area contributed by atoms with E-state index in [9.17, 15) is 4.79 Å². The number of carbonyl (C=O) groups is 1. The van der Waals surface area contributed by atoms with Crippen LogP contribution in [0.5, 0.6) is 0 Å². The minimum absolute atomic E-state index is 0.0976. The number of benzene rings is 2. The summed E-state index contributed by atoms with van der Waals surface area (Å²) in [6, 6.07) is 17.2. The highest BCUT2D eigenvalue weighted by molar-refractivity contribution is 7.99. The highest BCUT2D eigenvalue weighted by Crippen LogP contribution is 2.27. The number of carbonyl (C=O) groups excluding carboxylic acids is 1. The largest absolute Gasteiger partial charge is 0.289 e. The Balaban J connectivity index is 1.83. The van der Waals surface area contributed by atoms with Crippen LogP contribution in [0.4, 0.5) is 0 Å². The van der Waals surface area contributed by atoms with Gasteiger partial charge in [0.25, 0.3) is 0 Å². The van der Waals surface area contributed by atoms with E-state index < -0.39 is 0 Å². The number of hydrogen-bond donors (Lipinski definition) is 1. The van der Waals surface area contributed by atoms with Crippen molar-refractivity contribution in [1.29, 1.82) is 5.26 Å². The molecule has 0 aromatic heterocycles. The molecule has 0 aliphatic carbocycles. The molecule has 2 aromatic carbocycles. The summed E-state index contributed by atoms with van der Waals surface area (Å²) >= 11 is 2.94. The second-order valence-corrected chi connectivity index (χ2v) is 7.27. The fourth-order valence-corrected chi connectivity index (χ4v) is 3.79. The molecule has 0 unspecified atom stereocenters. The van der Waals surface area contributed by atoms with Gasteiger partial charge in [-0.25, -0.2) is 0 Å². The summed E-state index contributed by atoms with van der Waals surface area (Å²) in [5.41, 5.74) is 4.16. The third kappa shape index (κ3) is 4.43. The van der Waals surface area contributed by atoms with Gasteiger partial charge < -0.3 is 0 Å². The number of Topliss-reactive ketones (excluding diaryl/α,β-unsaturated/α-hetero) is 1. The predicted octanol–water partition coefficient (Wildman–Crippen LogP) is 4.31. The van der Waals surface area contributed by atoms with Crippen LogP contribution in [-0.2, 0) is 4.79 Å². The van der Waals surface area contributed by atoms with Crippen molar-refractivity contribution in [2.45, 2.75) is 4.90 Å². The maximum absolute atomic E-state index is 12.8. The second-order valence-electron chi connectivity index (χ2n) is 5.58. The molecule has 2 N–H and O–H groups in total. The number of nitrogens with zero attached hydrogens (tertiary/aromatic N) is 1. The summed E-state index contributed by atoms with van der Waals surface area (Å²) in [5, 5.41) is 14.4. The van der Waals surface area contributed by atoms with Crippen molar-refractivity contribution >= 4 is 41.6 Å². The van der Waals surface area contributed by atoms with E-state index in [-0.39, 0.29) is 5.78 Å². The summed E-state index contributed by atoms with van der Waals surface area (Å²) in [6.45, 7) is 0. The normalized spacial score (nSPS) is 17.7. The first-order valence-electron chi connectivity index (χ1n) is 7.70. The van der Waals surface area contributed by atoms with Gasteiger partial charge in [0.1, 0.15) is 0 Å². The van der Waals surface area contributed by atoms with Crippen LogP contribution in [0.2, 0.25) is 0 Å². The first-order valence-corrected chi connectivity index (χ1v) is 9.73. The zero-order chi connectivity index (χ0) is 17.6. The summed E-state index contributed by atoms with van der Waals surface area (Å²) in [6.07, 6.45) is 3.86. The van der Waals surface area contributed by atoms with E-state index in [0.29, 0.717) is 11.3 Å². The van der Waals surface area contributed by atoms with Crippen molar-refractivity contribution < 1.29 is 4.79 Å². The summed E-state index contributed by atoms with van der Waals surface area (Å²) in [7, 11) is 0. The molecule has 0 spiro atoms. The van der Waals surface area contributed by atoms with E-state index in [1.54, 1.807) is 23.9 Å². The average Bonchev–Trinajstić information content (AvgIpc) is 2.66. The van der Waals surface area contributed by atoms with Gasteiger partial charge in [0.15, 0.2) is 5.78 Å². The molecule has 1 aliphatic heterocycles. The zero-order valence-corrected chi connectivity index (χ0v) is 15.1. The molecule has 5 heteroatoms. The van der Waals surface area contributed by atoms with Gasteiger partial charge >= 0.3 is 0 Å². The minimum Gasteiger partial charge on any atom is -0.289 e. The molecule has 124 valence electrons. The van der Waals surface area contributed by atoms with E-state index in [1.807, 2.05) is 48.6 Å². The predicted molar refractivity (Wildman–Crippen MR) is 106 cm³/mol. The standard InChI is InChI=1S/C20H16N2OS2/c21-11-16-3-1-14(2-4-16)9-17-12-24-13-18(20(17)23)10-15-5-7-19(25-22)8-6-15/h1-10H,12-13,22H2/b17-9+,18-10+. The smallest absolute Gasteiger partial charge is 0.186 e. The molecule has 0 radical (unpaired) electrons.